The summed E-state index contributed by atoms with van der Waals surface area (Å²) in [5.74, 6) is -0.284. The molecule has 1 aromatic heterocycles. The molecule has 94 valence electrons. The van der Waals surface area contributed by atoms with Gasteiger partial charge in [0.2, 0.25) is 0 Å². The molecule has 0 saturated carbocycles. The van der Waals surface area contributed by atoms with Gasteiger partial charge in [0.1, 0.15) is 5.69 Å². The van der Waals surface area contributed by atoms with Crippen molar-refractivity contribution in [1.82, 2.24) is 4.98 Å². The molecular weight excluding hydrogens is 230 g/mol. The number of rotatable bonds is 4. The number of nitrogens with one attached hydrogen (secondary N) is 1. The van der Waals surface area contributed by atoms with Gasteiger partial charge in [0.05, 0.1) is 6.61 Å². The fourth-order valence-electron chi connectivity index (χ4n) is 1.83. The van der Waals surface area contributed by atoms with E-state index in [0.717, 1.165) is 10.9 Å². The zero-order valence-electron chi connectivity index (χ0n) is 10.4. The Morgan fingerprint density at radius 1 is 1.22 bits per heavy atom. The lowest BCUT2D eigenvalue weighted by Gasteiger charge is -1.97. The normalized spacial score (nSPS) is 10.6. The van der Waals surface area contributed by atoms with Gasteiger partial charge in [-0.15, -0.1) is 0 Å². The quantitative estimate of drug-likeness (QED) is 0.665. The van der Waals surface area contributed by atoms with E-state index in [-0.39, 0.29) is 11.8 Å². The molecule has 0 bridgehead atoms. The van der Waals surface area contributed by atoms with Gasteiger partial charge in [0.15, 0.2) is 5.78 Å². The lowest BCUT2D eigenvalue weighted by Crippen LogP contribution is -2.04. The highest BCUT2D eigenvalue weighted by atomic mass is 16.5. The molecule has 1 aromatic carbocycles. The average molecular weight is 245 g/mol. The smallest absolute Gasteiger partial charge is 0.354 e. The van der Waals surface area contributed by atoms with E-state index >= 15 is 0 Å². The Hall–Kier alpha value is -2.10. The largest absolute Gasteiger partial charge is 0.461 e. The molecule has 0 radical (unpaired) electrons. The molecular formula is C14H15NO3. The molecule has 0 amide bonds. The number of H-pyrrole nitrogens is 1. The van der Waals surface area contributed by atoms with E-state index < -0.39 is 0 Å². The maximum atomic E-state index is 11.6. The number of benzene rings is 1. The lowest BCUT2D eigenvalue weighted by molar-refractivity contribution is 0.0520. The number of aromatic nitrogens is 1. The minimum Gasteiger partial charge on any atom is -0.461 e. The first-order valence-corrected chi connectivity index (χ1v) is 5.98. The predicted octanol–water partition coefficient (Wildman–Crippen LogP) is 2.94. The number of ketones is 1. The zero-order valence-corrected chi connectivity index (χ0v) is 10.4. The van der Waals surface area contributed by atoms with E-state index in [4.69, 9.17) is 4.74 Å². The van der Waals surface area contributed by atoms with Gasteiger partial charge in [-0.3, -0.25) is 4.79 Å². The minimum absolute atomic E-state index is 0.0933. The van der Waals surface area contributed by atoms with Crippen molar-refractivity contribution >= 4 is 22.7 Å². The predicted molar refractivity (Wildman–Crippen MR) is 68.9 cm³/mol. The van der Waals surface area contributed by atoms with Gasteiger partial charge in [-0.25, -0.2) is 4.79 Å². The van der Waals surface area contributed by atoms with Crippen LogP contribution < -0.4 is 0 Å². The molecule has 0 fully saturated rings. The second-order valence-electron chi connectivity index (χ2n) is 3.98. The van der Waals surface area contributed by atoms with Crippen LogP contribution in [0.15, 0.2) is 24.3 Å². The Labute approximate surface area is 105 Å². The van der Waals surface area contributed by atoms with Gasteiger partial charge in [-0.2, -0.15) is 0 Å². The maximum Gasteiger partial charge on any atom is 0.354 e. The molecule has 0 saturated heterocycles. The average Bonchev–Trinajstić information content (AvgIpc) is 2.80. The number of aromatic amines is 1. The standard InChI is InChI=1S/C14H15NO3/c1-3-13(16)9-5-6-11-10(7-9)8-12(15-11)14(17)18-4-2/h5-8,15H,3-4H2,1-2H3. The highest BCUT2D eigenvalue weighted by Crippen LogP contribution is 2.18. The van der Waals surface area contributed by atoms with Gasteiger partial charge in [-0.05, 0) is 31.2 Å². The minimum atomic E-state index is -0.378. The summed E-state index contributed by atoms with van der Waals surface area (Å²) in [7, 11) is 0. The Bertz CT molecular complexity index is 598. The third-order valence-electron chi connectivity index (χ3n) is 2.76. The fourth-order valence-corrected chi connectivity index (χ4v) is 1.83. The van der Waals surface area contributed by atoms with Gasteiger partial charge >= 0.3 is 5.97 Å². The first kappa shape index (κ1) is 12.4. The van der Waals surface area contributed by atoms with Crippen molar-refractivity contribution in [1.29, 1.82) is 0 Å². The molecule has 0 aliphatic rings. The third kappa shape index (κ3) is 2.27. The summed E-state index contributed by atoms with van der Waals surface area (Å²) in [5, 5.41) is 0.845. The number of carbonyl (C=O) groups excluding carboxylic acids is 2. The van der Waals surface area contributed by atoms with E-state index in [1.165, 1.54) is 0 Å². The highest BCUT2D eigenvalue weighted by Gasteiger charge is 2.11. The Morgan fingerprint density at radius 3 is 2.67 bits per heavy atom. The lowest BCUT2D eigenvalue weighted by atomic mass is 10.1. The van der Waals surface area contributed by atoms with Gasteiger partial charge in [0, 0.05) is 22.9 Å². The number of hydrogen-bond acceptors (Lipinski definition) is 3. The molecule has 0 unspecified atom stereocenters. The molecule has 18 heavy (non-hydrogen) atoms. The molecule has 0 atom stereocenters. The number of carbonyl (C=O) groups is 2. The number of fused-ring (bicyclic) bond motifs is 1. The van der Waals surface area contributed by atoms with Crippen molar-refractivity contribution in [2.75, 3.05) is 6.61 Å². The Morgan fingerprint density at radius 2 is 2.00 bits per heavy atom. The van der Waals surface area contributed by atoms with Gasteiger partial charge < -0.3 is 9.72 Å². The molecule has 1 N–H and O–H groups in total. The third-order valence-corrected chi connectivity index (χ3v) is 2.76. The summed E-state index contributed by atoms with van der Waals surface area (Å²) in [5.41, 5.74) is 1.90. The second kappa shape index (κ2) is 5.04. The maximum absolute atomic E-state index is 11.6. The van der Waals surface area contributed by atoms with Crippen LogP contribution in [0.2, 0.25) is 0 Å². The van der Waals surface area contributed by atoms with Crippen molar-refractivity contribution in [2.24, 2.45) is 0 Å². The molecule has 0 aliphatic carbocycles. The second-order valence-corrected chi connectivity index (χ2v) is 3.98. The summed E-state index contributed by atoms with van der Waals surface area (Å²) < 4.78 is 4.92. The van der Waals surface area contributed by atoms with E-state index in [0.29, 0.717) is 24.3 Å². The SMILES string of the molecule is CCOC(=O)c1cc2cc(C(=O)CC)ccc2[nH]1. The van der Waals surface area contributed by atoms with Crippen LogP contribution in [-0.2, 0) is 4.74 Å². The summed E-state index contributed by atoms with van der Waals surface area (Å²) in [6, 6.07) is 7.07. The molecule has 0 spiro atoms. The fraction of sp³-hybridized carbons (Fsp3) is 0.286. The van der Waals surface area contributed by atoms with Crippen LogP contribution in [0.25, 0.3) is 10.9 Å². The first-order valence-electron chi connectivity index (χ1n) is 5.98. The number of esters is 1. The van der Waals surface area contributed by atoms with Crippen LogP contribution in [0.5, 0.6) is 0 Å². The highest BCUT2D eigenvalue weighted by molar-refractivity contribution is 6.01. The van der Waals surface area contributed by atoms with E-state index in [2.05, 4.69) is 4.98 Å². The van der Waals surface area contributed by atoms with Crippen LogP contribution >= 0.6 is 0 Å². The topological polar surface area (TPSA) is 59.2 Å². The summed E-state index contributed by atoms with van der Waals surface area (Å²) in [6.45, 7) is 3.93. The van der Waals surface area contributed by atoms with Crippen molar-refractivity contribution in [3.8, 4) is 0 Å². The molecule has 2 aromatic rings. The summed E-state index contributed by atoms with van der Waals surface area (Å²) in [4.78, 5) is 26.1. The van der Waals surface area contributed by atoms with Crippen molar-refractivity contribution in [3.05, 3.63) is 35.5 Å². The van der Waals surface area contributed by atoms with Crippen molar-refractivity contribution in [2.45, 2.75) is 20.3 Å². The summed E-state index contributed by atoms with van der Waals surface area (Å²) >= 11 is 0. The molecule has 4 heteroatoms. The molecule has 2 rings (SSSR count). The molecule has 1 heterocycles. The molecule has 4 nitrogen and oxygen atoms in total. The van der Waals surface area contributed by atoms with E-state index in [1.807, 2.05) is 6.92 Å². The zero-order chi connectivity index (χ0) is 13.1. The number of hydrogen-bond donors (Lipinski definition) is 1. The van der Waals surface area contributed by atoms with Gasteiger partial charge in [0.25, 0.3) is 0 Å². The van der Waals surface area contributed by atoms with Crippen LogP contribution in [0.1, 0.15) is 41.1 Å². The van der Waals surface area contributed by atoms with Crippen molar-refractivity contribution in [3.63, 3.8) is 0 Å². The Balaban J connectivity index is 2.39. The van der Waals surface area contributed by atoms with E-state index in [9.17, 15) is 9.59 Å². The summed E-state index contributed by atoms with van der Waals surface area (Å²) in [6.07, 6.45) is 0.473. The monoisotopic (exact) mass is 245 g/mol. The first-order chi connectivity index (χ1) is 8.65. The van der Waals surface area contributed by atoms with Gasteiger partial charge in [-0.1, -0.05) is 6.92 Å². The van der Waals surface area contributed by atoms with E-state index in [1.54, 1.807) is 31.2 Å². The van der Waals surface area contributed by atoms with Crippen LogP contribution in [0.3, 0.4) is 0 Å². The molecule has 0 aliphatic heterocycles. The van der Waals surface area contributed by atoms with Crippen LogP contribution in [0, 0.1) is 0 Å². The Kier molecular flexibility index (Phi) is 3.46. The van der Waals surface area contributed by atoms with Crippen molar-refractivity contribution < 1.29 is 14.3 Å². The van der Waals surface area contributed by atoms with Crippen LogP contribution in [-0.4, -0.2) is 23.3 Å². The van der Waals surface area contributed by atoms with Crippen LogP contribution in [0.4, 0.5) is 0 Å². The number of Topliss-reactive ketones (excluding diaryl/α,β-unsaturated/α-hetero) is 1. The number of ether oxygens (including phenoxy) is 1.